The molecule has 0 unspecified atom stereocenters. The van der Waals surface area contributed by atoms with E-state index in [2.05, 4.69) is 10.7 Å². The van der Waals surface area contributed by atoms with Gasteiger partial charge in [-0.05, 0) is 37.6 Å². The minimum Gasteiger partial charge on any atom is -0.365 e. The van der Waals surface area contributed by atoms with E-state index in [4.69, 9.17) is 0 Å². The average molecular weight is 322 g/mol. The summed E-state index contributed by atoms with van der Waals surface area (Å²) in [5, 5.41) is 3.24. The van der Waals surface area contributed by atoms with Crippen LogP contribution in [-0.4, -0.2) is 42.0 Å². The molecule has 124 valence electrons. The van der Waals surface area contributed by atoms with E-state index in [1.54, 1.807) is 25.8 Å². The van der Waals surface area contributed by atoms with E-state index in [-0.39, 0.29) is 12.4 Å². The number of anilines is 1. The SMILES string of the molecule is CC[C@]1(C)NC(=O)N(NC(=O)CN(C)c2ccc(F)cc2)C1=O. The summed E-state index contributed by atoms with van der Waals surface area (Å²) in [5.74, 6) is -1.40. The Bertz CT molecular complexity index is 634. The van der Waals surface area contributed by atoms with Crippen LogP contribution in [0.3, 0.4) is 0 Å². The van der Waals surface area contributed by atoms with Crippen molar-refractivity contribution in [2.75, 3.05) is 18.5 Å². The normalized spacial score (nSPS) is 20.4. The smallest absolute Gasteiger partial charge is 0.344 e. The van der Waals surface area contributed by atoms with Gasteiger partial charge in [0.25, 0.3) is 11.8 Å². The van der Waals surface area contributed by atoms with E-state index in [1.165, 1.54) is 24.3 Å². The second kappa shape index (κ2) is 6.23. The number of likely N-dealkylation sites (N-methyl/N-ethyl adjacent to an activating group) is 1. The lowest BCUT2D eigenvalue weighted by Gasteiger charge is -2.22. The number of rotatable bonds is 5. The Hall–Kier alpha value is -2.64. The van der Waals surface area contributed by atoms with Crippen molar-refractivity contribution in [2.24, 2.45) is 0 Å². The van der Waals surface area contributed by atoms with Crippen molar-refractivity contribution in [3.8, 4) is 0 Å². The van der Waals surface area contributed by atoms with Gasteiger partial charge in [-0.3, -0.25) is 15.0 Å². The van der Waals surface area contributed by atoms with Crippen LogP contribution in [0.2, 0.25) is 0 Å². The van der Waals surface area contributed by atoms with E-state index in [0.717, 1.165) is 0 Å². The molecule has 1 atom stereocenters. The fourth-order valence-electron chi connectivity index (χ4n) is 2.19. The third kappa shape index (κ3) is 3.41. The highest BCUT2D eigenvalue weighted by atomic mass is 19.1. The zero-order valence-electron chi connectivity index (χ0n) is 13.2. The zero-order chi connectivity index (χ0) is 17.2. The monoisotopic (exact) mass is 322 g/mol. The summed E-state index contributed by atoms with van der Waals surface area (Å²) in [6, 6.07) is 4.98. The largest absolute Gasteiger partial charge is 0.365 e. The van der Waals surface area contributed by atoms with Crippen molar-refractivity contribution in [1.29, 1.82) is 0 Å². The molecule has 0 aliphatic carbocycles. The van der Waals surface area contributed by atoms with Gasteiger partial charge in [-0.2, -0.15) is 5.01 Å². The van der Waals surface area contributed by atoms with Gasteiger partial charge in [-0.1, -0.05) is 6.92 Å². The van der Waals surface area contributed by atoms with Crippen LogP contribution in [0.4, 0.5) is 14.9 Å². The zero-order valence-corrected chi connectivity index (χ0v) is 13.2. The molecule has 1 aliphatic rings. The molecule has 7 nitrogen and oxygen atoms in total. The Morgan fingerprint density at radius 3 is 2.48 bits per heavy atom. The number of carbonyl (C=O) groups excluding carboxylic acids is 3. The second-order valence-corrected chi connectivity index (χ2v) is 5.62. The molecule has 2 rings (SSSR count). The molecule has 1 fully saturated rings. The van der Waals surface area contributed by atoms with Crippen molar-refractivity contribution in [1.82, 2.24) is 15.8 Å². The van der Waals surface area contributed by atoms with Crippen LogP contribution in [0.5, 0.6) is 0 Å². The van der Waals surface area contributed by atoms with Crippen LogP contribution in [0.1, 0.15) is 20.3 Å². The fourth-order valence-corrected chi connectivity index (χ4v) is 2.19. The number of amides is 4. The molecule has 1 saturated heterocycles. The minimum atomic E-state index is -1.01. The number of halogens is 1. The van der Waals surface area contributed by atoms with Gasteiger partial charge in [-0.25, -0.2) is 9.18 Å². The first-order valence-electron chi connectivity index (χ1n) is 7.19. The number of hydrogen-bond acceptors (Lipinski definition) is 4. The lowest BCUT2D eigenvalue weighted by Crippen LogP contribution is -2.50. The minimum absolute atomic E-state index is 0.0917. The van der Waals surface area contributed by atoms with Crippen LogP contribution in [0.25, 0.3) is 0 Å². The Balaban J connectivity index is 1.98. The fraction of sp³-hybridized carbons (Fsp3) is 0.400. The van der Waals surface area contributed by atoms with E-state index < -0.39 is 23.4 Å². The first-order chi connectivity index (χ1) is 10.8. The number of hydrazine groups is 1. The van der Waals surface area contributed by atoms with E-state index >= 15 is 0 Å². The summed E-state index contributed by atoms with van der Waals surface area (Å²) in [5.41, 5.74) is 1.93. The lowest BCUT2D eigenvalue weighted by atomic mass is 10.00. The number of benzene rings is 1. The van der Waals surface area contributed by atoms with E-state index in [1.807, 2.05) is 0 Å². The third-order valence-electron chi connectivity index (χ3n) is 3.85. The Morgan fingerprint density at radius 2 is 1.96 bits per heavy atom. The molecule has 1 heterocycles. The molecule has 1 aromatic carbocycles. The summed E-state index contributed by atoms with van der Waals surface area (Å²) < 4.78 is 12.9. The molecule has 0 spiro atoms. The van der Waals surface area contributed by atoms with Crippen LogP contribution >= 0.6 is 0 Å². The Labute approximate surface area is 133 Å². The molecule has 0 bridgehead atoms. The van der Waals surface area contributed by atoms with Crippen molar-refractivity contribution < 1.29 is 18.8 Å². The van der Waals surface area contributed by atoms with Gasteiger partial charge in [0, 0.05) is 12.7 Å². The van der Waals surface area contributed by atoms with Crippen LogP contribution < -0.4 is 15.6 Å². The predicted molar refractivity (Wildman–Crippen MR) is 81.9 cm³/mol. The van der Waals surface area contributed by atoms with Crippen molar-refractivity contribution in [3.63, 3.8) is 0 Å². The van der Waals surface area contributed by atoms with Crippen LogP contribution in [0.15, 0.2) is 24.3 Å². The number of carbonyl (C=O) groups is 3. The predicted octanol–water partition coefficient (Wildman–Crippen LogP) is 1.01. The lowest BCUT2D eigenvalue weighted by molar-refractivity contribution is -0.138. The van der Waals surface area contributed by atoms with Crippen LogP contribution in [0, 0.1) is 5.82 Å². The first kappa shape index (κ1) is 16.7. The topological polar surface area (TPSA) is 81.8 Å². The third-order valence-corrected chi connectivity index (χ3v) is 3.85. The van der Waals surface area contributed by atoms with Gasteiger partial charge >= 0.3 is 6.03 Å². The van der Waals surface area contributed by atoms with Crippen molar-refractivity contribution in [2.45, 2.75) is 25.8 Å². The summed E-state index contributed by atoms with van der Waals surface area (Å²) >= 11 is 0. The highest BCUT2D eigenvalue weighted by Crippen LogP contribution is 2.19. The molecule has 0 aromatic heterocycles. The van der Waals surface area contributed by atoms with Gasteiger partial charge in [-0.15, -0.1) is 0 Å². The highest BCUT2D eigenvalue weighted by Gasteiger charge is 2.47. The number of imide groups is 1. The van der Waals surface area contributed by atoms with E-state index in [0.29, 0.717) is 17.1 Å². The molecule has 8 heteroatoms. The summed E-state index contributed by atoms with van der Waals surface area (Å²) in [7, 11) is 1.65. The molecule has 1 aromatic rings. The van der Waals surface area contributed by atoms with Crippen molar-refractivity contribution in [3.05, 3.63) is 30.1 Å². The maximum Gasteiger partial charge on any atom is 0.344 e. The number of hydrogen-bond donors (Lipinski definition) is 2. The average Bonchev–Trinajstić information content (AvgIpc) is 2.72. The quantitative estimate of drug-likeness (QED) is 0.793. The summed E-state index contributed by atoms with van der Waals surface area (Å²) in [4.78, 5) is 37.6. The number of urea groups is 1. The summed E-state index contributed by atoms with van der Waals surface area (Å²) in [6.45, 7) is 3.28. The highest BCUT2D eigenvalue weighted by molar-refractivity contribution is 6.07. The van der Waals surface area contributed by atoms with Crippen LogP contribution in [-0.2, 0) is 9.59 Å². The van der Waals surface area contributed by atoms with E-state index in [9.17, 15) is 18.8 Å². The molecule has 23 heavy (non-hydrogen) atoms. The molecule has 2 N–H and O–H groups in total. The van der Waals surface area contributed by atoms with Gasteiger partial charge in [0.15, 0.2) is 0 Å². The molecule has 0 saturated carbocycles. The first-order valence-corrected chi connectivity index (χ1v) is 7.19. The maximum absolute atomic E-state index is 12.9. The molecule has 4 amide bonds. The molecular weight excluding hydrogens is 303 g/mol. The number of nitrogens with zero attached hydrogens (tertiary/aromatic N) is 2. The van der Waals surface area contributed by atoms with Gasteiger partial charge in [0.05, 0.1) is 6.54 Å². The van der Waals surface area contributed by atoms with Gasteiger partial charge < -0.3 is 10.2 Å². The second-order valence-electron chi connectivity index (χ2n) is 5.62. The molecule has 1 aliphatic heterocycles. The van der Waals surface area contributed by atoms with Gasteiger partial charge in [0.2, 0.25) is 0 Å². The summed E-state index contributed by atoms with van der Waals surface area (Å²) in [6.07, 6.45) is 0.416. The Kier molecular flexibility index (Phi) is 4.53. The number of nitrogens with one attached hydrogen (secondary N) is 2. The molecule has 0 radical (unpaired) electrons. The molecular formula is C15H19FN4O3. The standard InChI is InChI=1S/C15H19FN4O3/c1-4-15(2)13(22)20(14(23)17-15)18-12(21)9-19(3)11-7-5-10(16)6-8-11/h5-8H,4,9H2,1-3H3,(H,17,23)(H,18,21)/t15-/m0/s1. The Morgan fingerprint density at radius 1 is 1.35 bits per heavy atom. The van der Waals surface area contributed by atoms with Gasteiger partial charge in [0.1, 0.15) is 11.4 Å². The van der Waals surface area contributed by atoms with Crippen molar-refractivity contribution >= 4 is 23.5 Å². The maximum atomic E-state index is 12.9.